The summed E-state index contributed by atoms with van der Waals surface area (Å²) in [6, 6.07) is 0. The molecule has 2 atom stereocenters. The minimum Gasteiger partial charge on any atom is -0.392 e. The van der Waals surface area contributed by atoms with Crippen LogP contribution in [0.15, 0.2) is 0 Å². The second-order valence-electron chi connectivity index (χ2n) is 4.44. The minimum atomic E-state index is -2.68. The Morgan fingerprint density at radius 2 is 2.08 bits per heavy atom. The average molecular weight is 191 g/mol. The smallest absolute Gasteiger partial charge is 0.250 e. The van der Waals surface area contributed by atoms with Gasteiger partial charge in [-0.25, -0.2) is 8.78 Å². The Hall–Kier alpha value is -0.220. The van der Waals surface area contributed by atoms with Crippen molar-refractivity contribution in [2.45, 2.75) is 43.8 Å². The van der Waals surface area contributed by atoms with Crippen LogP contribution in [0.25, 0.3) is 0 Å². The van der Waals surface area contributed by atoms with Crippen molar-refractivity contribution in [3.8, 4) is 0 Å². The molecule has 0 radical (unpaired) electrons. The van der Waals surface area contributed by atoms with Gasteiger partial charge in [-0.3, -0.25) is 0 Å². The van der Waals surface area contributed by atoms with Gasteiger partial charge in [0.1, 0.15) is 0 Å². The predicted octanol–water partition coefficient (Wildman–Crippen LogP) is 1.14. The van der Waals surface area contributed by atoms with E-state index in [9.17, 15) is 13.9 Å². The molecule has 2 rings (SSSR count). The van der Waals surface area contributed by atoms with E-state index in [0.29, 0.717) is 6.54 Å². The van der Waals surface area contributed by atoms with Crippen molar-refractivity contribution in [3.63, 3.8) is 0 Å². The number of halogens is 2. The average Bonchev–Trinajstić information content (AvgIpc) is 2.74. The molecular formula is C9H15F2NO. The lowest BCUT2D eigenvalue weighted by molar-refractivity contribution is -0.0899. The monoisotopic (exact) mass is 191 g/mol. The molecule has 0 amide bonds. The number of β-amino-alcohol motifs (C(OH)–C–C–N with tert-alkyl or cyclic N) is 1. The van der Waals surface area contributed by atoms with Gasteiger partial charge in [-0.1, -0.05) is 0 Å². The highest BCUT2D eigenvalue weighted by Crippen LogP contribution is 2.51. The third-order valence-electron chi connectivity index (χ3n) is 3.27. The molecule has 76 valence electrons. The summed E-state index contributed by atoms with van der Waals surface area (Å²) in [4.78, 5) is 0. The van der Waals surface area contributed by atoms with Crippen LogP contribution in [0.1, 0.15) is 26.2 Å². The Bertz CT molecular complexity index is 210. The molecule has 0 aromatic carbocycles. The Morgan fingerprint density at radius 1 is 1.46 bits per heavy atom. The summed E-state index contributed by atoms with van der Waals surface area (Å²) in [7, 11) is 0. The standard InChI is InChI=1S/C9H15F2NO/c1-8(10,11)7-4-6(13)5-12-9(7)2-3-9/h6-7,12-13H,2-5H2,1H3. The molecule has 1 aliphatic carbocycles. The molecule has 0 aromatic rings. The zero-order valence-corrected chi connectivity index (χ0v) is 7.69. The third kappa shape index (κ3) is 1.57. The van der Waals surface area contributed by atoms with Crippen LogP contribution >= 0.6 is 0 Å². The van der Waals surface area contributed by atoms with E-state index in [1.54, 1.807) is 0 Å². The number of rotatable bonds is 1. The second kappa shape index (κ2) is 2.64. The molecule has 0 aromatic heterocycles. The van der Waals surface area contributed by atoms with Crippen LogP contribution in [-0.4, -0.2) is 29.2 Å². The van der Waals surface area contributed by atoms with Crippen LogP contribution in [-0.2, 0) is 0 Å². The van der Waals surface area contributed by atoms with E-state index in [1.165, 1.54) is 0 Å². The third-order valence-corrected chi connectivity index (χ3v) is 3.27. The summed E-state index contributed by atoms with van der Waals surface area (Å²) in [6.07, 6.45) is 1.28. The SMILES string of the molecule is CC(F)(F)C1CC(O)CNC12CC2. The second-order valence-corrected chi connectivity index (χ2v) is 4.44. The molecule has 2 unspecified atom stereocenters. The lowest BCUT2D eigenvalue weighted by Crippen LogP contribution is -2.54. The summed E-state index contributed by atoms with van der Waals surface area (Å²) in [5.74, 6) is -3.37. The van der Waals surface area contributed by atoms with Gasteiger partial charge in [0.2, 0.25) is 5.92 Å². The van der Waals surface area contributed by atoms with E-state index >= 15 is 0 Å². The first-order valence-corrected chi connectivity index (χ1v) is 4.75. The maximum Gasteiger partial charge on any atom is 0.250 e. The molecule has 2 fully saturated rings. The lowest BCUT2D eigenvalue weighted by Gasteiger charge is -2.38. The quantitative estimate of drug-likeness (QED) is 0.651. The normalized spacial score (nSPS) is 37.8. The van der Waals surface area contributed by atoms with Crippen LogP contribution in [0.5, 0.6) is 0 Å². The van der Waals surface area contributed by atoms with Crippen LogP contribution < -0.4 is 5.32 Å². The van der Waals surface area contributed by atoms with Crippen molar-refractivity contribution >= 4 is 0 Å². The molecule has 4 heteroatoms. The zero-order chi connectivity index (χ0) is 9.69. The van der Waals surface area contributed by atoms with Crippen molar-refractivity contribution in [3.05, 3.63) is 0 Å². The highest BCUT2D eigenvalue weighted by Gasteiger charge is 2.59. The van der Waals surface area contributed by atoms with E-state index in [4.69, 9.17) is 0 Å². The van der Waals surface area contributed by atoms with Gasteiger partial charge >= 0.3 is 0 Å². The number of hydrogen-bond donors (Lipinski definition) is 2. The lowest BCUT2D eigenvalue weighted by atomic mass is 9.83. The number of aliphatic hydroxyl groups is 1. The van der Waals surface area contributed by atoms with E-state index in [0.717, 1.165) is 19.8 Å². The molecule has 2 aliphatic rings. The predicted molar refractivity (Wildman–Crippen MR) is 44.7 cm³/mol. The van der Waals surface area contributed by atoms with Crippen molar-refractivity contribution in [1.29, 1.82) is 0 Å². The first kappa shape index (κ1) is 9.34. The van der Waals surface area contributed by atoms with Gasteiger partial charge in [0.15, 0.2) is 0 Å². The largest absolute Gasteiger partial charge is 0.392 e. The Kier molecular flexibility index (Phi) is 1.90. The Morgan fingerprint density at radius 3 is 2.54 bits per heavy atom. The number of nitrogens with one attached hydrogen (secondary N) is 1. The van der Waals surface area contributed by atoms with Crippen LogP contribution in [0.3, 0.4) is 0 Å². The van der Waals surface area contributed by atoms with Crippen molar-refractivity contribution in [1.82, 2.24) is 5.32 Å². The minimum absolute atomic E-state index is 0.233. The van der Waals surface area contributed by atoms with Gasteiger partial charge in [-0.15, -0.1) is 0 Å². The van der Waals surface area contributed by atoms with E-state index in [1.807, 2.05) is 0 Å². The van der Waals surface area contributed by atoms with Crippen LogP contribution in [0.2, 0.25) is 0 Å². The van der Waals surface area contributed by atoms with Crippen LogP contribution in [0.4, 0.5) is 8.78 Å². The summed E-state index contributed by atoms with van der Waals surface area (Å²) < 4.78 is 26.3. The number of piperidine rings is 1. The molecule has 13 heavy (non-hydrogen) atoms. The molecule has 1 saturated heterocycles. The van der Waals surface area contributed by atoms with Gasteiger partial charge < -0.3 is 10.4 Å². The van der Waals surface area contributed by atoms with E-state index in [-0.39, 0.29) is 12.0 Å². The van der Waals surface area contributed by atoms with E-state index in [2.05, 4.69) is 5.32 Å². The topological polar surface area (TPSA) is 32.3 Å². The maximum atomic E-state index is 13.2. The van der Waals surface area contributed by atoms with Crippen molar-refractivity contribution in [2.24, 2.45) is 5.92 Å². The number of aliphatic hydroxyl groups excluding tert-OH is 1. The molecule has 1 saturated carbocycles. The number of alkyl halides is 2. The number of hydrogen-bond acceptors (Lipinski definition) is 2. The van der Waals surface area contributed by atoms with Gasteiger partial charge in [-0.05, 0) is 26.2 Å². The first-order valence-electron chi connectivity index (χ1n) is 4.75. The maximum absolute atomic E-state index is 13.2. The fourth-order valence-electron chi connectivity index (χ4n) is 2.38. The molecule has 1 spiro atoms. The van der Waals surface area contributed by atoms with Crippen molar-refractivity contribution in [2.75, 3.05) is 6.54 Å². The molecule has 2 N–H and O–H groups in total. The fraction of sp³-hybridized carbons (Fsp3) is 1.00. The van der Waals surface area contributed by atoms with Gasteiger partial charge in [0, 0.05) is 18.0 Å². The summed E-state index contributed by atoms with van der Waals surface area (Å²) in [5.41, 5.74) is -0.350. The van der Waals surface area contributed by atoms with Gasteiger partial charge in [-0.2, -0.15) is 0 Å². The fourth-order valence-corrected chi connectivity index (χ4v) is 2.38. The van der Waals surface area contributed by atoms with Crippen molar-refractivity contribution < 1.29 is 13.9 Å². The Balaban J connectivity index is 2.13. The molecular weight excluding hydrogens is 176 g/mol. The molecule has 1 heterocycles. The molecule has 2 nitrogen and oxygen atoms in total. The molecule has 1 aliphatic heterocycles. The Labute approximate surface area is 76.3 Å². The zero-order valence-electron chi connectivity index (χ0n) is 7.69. The summed E-state index contributed by atoms with van der Waals surface area (Å²) >= 11 is 0. The summed E-state index contributed by atoms with van der Waals surface area (Å²) in [6.45, 7) is 1.42. The van der Waals surface area contributed by atoms with E-state index < -0.39 is 17.9 Å². The highest BCUT2D eigenvalue weighted by molar-refractivity contribution is 5.12. The highest BCUT2D eigenvalue weighted by atomic mass is 19.3. The first-order chi connectivity index (χ1) is 5.94. The van der Waals surface area contributed by atoms with Gasteiger partial charge in [0.25, 0.3) is 0 Å². The van der Waals surface area contributed by atoms with Crippen LogP contribution in [0, 0.1) is 5.92 Å². The van der Waals surface area contributed by atoms with Gasteiger partial charge in [0.05, 0.1) is 6.10 Å². The molecule has 0 bridgehead atoms. The summed E-state index contributed by atoms with van der Waals surface area (Å²) in [5, 5.41) is 12.4.